The minimum absolute atomic E-state index is 0. The van der Waals surface area contributed by atoms with Crippen molar-refractivity contribution in [1.29, 1.82) is 0 Å². The van der Waals surface area contributed by atoms with E-state index in [4.69, 9.17) is 0 Å². The zero-order chi connectivity index (χ0) is 16.1. The van der Waals surface area contributed by atoms with Crippen molar-refractivity contribution in [1.82, 2.24) is 0 Å². The van der Waals surface area contributed by atoms with Gasteiger partial charge in [0.15, 0.2) is 0 Å². The fourth-order valence-electron chi connectivity index (χ4n) is 2.56. The molecule has 2 aromatic carbocycles. The van der Waals surface area contributed by atoms with Crippen LogP contribution in [-0.2, 0) is 32.3 Å². The molecule has 0 aliphatic heterocycles. The Balaban J connectivity index is 0.000000330. The van der Waals surface area contributed by atoms with Gasteiger partial charge in [0, 0.05) is 25.8 Å². The molecule has 0 saturated carbocycles. The van der Waals surface area contributed by atoms with Gasteiger partial charge in [0.1, 0.15) is 0 Å². The van der Waals surface area contributed by atoms with E-state index in [1.54, 1.807) is 0 Å². The zero-order valence-corrected chi connectivity index (χ0v) is 18.0. The summed E-state index contributed by atoms with van der Waals surface area (Å²) >= 11 is 0. The molecular formula is C22H25Hf-. The summed E-state index contributed by atoms with van der Waals surface area (Å²) in [6, 6.07) is 17.3. The molecule has 0 nitrogen and oxygen atoms in total. The molecule has 0 amide bonds. The predicted molar refractivity (Wildman–Crippen MR) is 97.8 cm³/mol. The molecule has 23 heavy (non-hydrogen) atoms. The largest absolute Gasteiger partial charge is 0.188 e. The first kappa shape index (κ1) is 19.7. The normalized spacial score (nSPS) is 14.5. The van der Waals surface area contributed by atoms with Gasteiger partial charge in [0.05, 0.1) is 0 Å². The number of benzene rings is 2. The van der Waals surface area contributed by atoms with E-state index in [-0.39, 0.29) is 25.8 Å². The van der Waals surface area contributed by atoms with Gasteiger partial charge in [0.25, 0.3) is 0 Å². The molecule has 0 N–H and O–H groups in total. The van der Waals surface area contributed by atoms with Crippen molar-refractivity contribution in [3.05, 3.63) is 90.4 Å². The molecule has 0 bridgehead atoms. The maximum atomic E-state index is 3.66. The summed E-state index contributed by atoms with van der Waals surface area (Å²) < 4.78 is 0. The van der Waals surface area contributed by atoms with Crippen LogP contribution < -0.4 is 0 Å². The zero-order valence-electron chi connectivity index (χ0n) is 14.4. The van der Waals surface area contributed by atoms with Crippen molar-refractivity contribution in [3.8, 4) is 11.1 Å². The van der Waals surface area contributed by atoms with Crippen molar-refractivity contribution in [2.75, 3.05) is 0 Å². The average Bonchev–Trinajstić information content (AvgIpc) is 2.88. The third-order valence-electron chi connectivity index (χ3n) is 4.02. The molecule has 1 atom stereocenters. The number of rotatable bonds is 2. The summed E-state index contributed by atoms with van der Waals surface area (Å²) in [5, 5.41) is 0. The molecule has 0 fully saturated rings. The van der Waals surface area contributed by atoms with Crippen LogP contribution >= 0.6 is 0 Å². The minimum atomic E-state index is 0. The van der Waals surface area contributed by atoms with E-state index in [9.17, 15) is 0 Å². The summed E-state index contributed by atoms with van der Waals surface area (Å²) in [5.74, 6) is 0.680. The monoisotopic (exact) mass is 469 g/mol. The van der Waals surface area contributed by atoms with Crippen LogP contribution in [0.1, 0.15) is 31.9 Å². The Bertz CT molecular complexity index is 656. The van der Waals surface area contributed by atoms with Gasteiger partial charge >= 0.3 is 0 Å². The molecule has 118 valence electrons. The molecule has 1 heteroatoms. The van der Waals surface area contributed by atoms with Crippen molar-refractivity contribution in [3.63, 3.8) is 0 Å². The molecule has 0 aromatic heterocycles. The van der Waals surface area contributed by atoms with Gasteiger partial charge < -0.3 is 0 Å². The van der Waals surface area contributed by atoms with Crippen molar-refractivity contribution < 1.29 is 25.8 Å². The molecule has 2 aromatic rings. The van der Waals surface area contributed by atoms with E-state index in [1.165, 1.54) is 28.7 Å². The Morgan fingerprint density at radius 1 is 0.957 bits per heavy atom. The quantitative estimate of drug-likeness (QED) is 0.279. The van der Waals surface area contributed by atoms with Crippen LogP contribution in [0, 0.1) is 12.3 Å². The Kier molecular flexibility index (Phi) is 7.78. The van der Waals surface area contributed by atoms with Crippen LogP contribution in [0.25, 0.3) is 11.1 Å². The Morgan fingerprint density at radius 3 is 2.13 bits per heavy atom. The number of allylic oxidation sites excluding steroid dienone is 2. The number of hydrogen-bond acceptors (Lipinski definition) is 0. The molecular weight excluding hydrogens is 443 g/mol. The maximum absolute atomic E-state index is 3.66. The summed E-state index contributed by atoms with van der Waals surface area (Å²) in [7, 11) is 0. The van der Waals surface area contributed by atoms with E-state index in [0.717, 1.165) is 11.1 Å². The fourth-order valence-corrected chi connectivity index (χ4v) is 2.56. The van der Waals surface area contributed by atoms with Gasteiger partial charge in [-0.3, -0.25) is 0 Å². The van der Waals surface area contributed by atoms with Crippen LogP contribution in [0.15, 0.2) is 72.8 Å². The average molecular weight is 468 g/mol. The number of hydrogen-bond donors (Lipinski definition) is 0. The topological polar surface area (TPSA) is 0 Å². The summed E-state index contributed by atoms with van der Waals surface area (Å²) in [6.07, 6.45) is 3.56. The van der Waals surface area contributed by atoms with Gasteiger partial charge in [-0.1, -0.05) is 85.5 Å². The van der Waals surface area contributed by atoms with Gasteiger partial charge in [0.2, 0.25) is 0 Å². The van der Waals surface area contributed by atoms with Crippen LogP contribution in [0.5, 0.6) is 0 Å². The van der Waals surface area contributed by atoms with Gasteiger partial charge in [-0.25, -0.2) is 0 Å². The van der Waals surface area contributed by atoms with Crippen LogP contribution in [0.2, 0.25) is 0 Å². The second-order valence-corrected chi connectivity index (χ2v) is 6.15. The molecule has 1 unspecified atom stereocenters. The SMILES string of the molecule is C=C(C)C(=C)C.CC1[CH-]c2cccc(-c3ccccc3)c2C1.[Hf]. The van der Waals surface area contributed by atoms with Crippen molar-refractivity contribution >= 4 is 0 Å². The summed E-state index contributed by atoms with van der Waals surface area (Å²) in [4.78, 5) is 0. The van der Waals surface area contributed by atoms with Crippen molar-refractivity contribution in [2.45, 2.75) is 27.2 Å². The van der Waals surface area contributed by atoms with Crippen LogP contribution in [0.3, 0.4) is 0 Å². The van der Waals surface area contributed by atoms with E-state index >= 15 is 0 Å². The maximum Gasteiger partial charge on any atom is 0 e. The Morgan fingerprint density at radius 2 is 1.57 bits per heavy atom. The van der Waals surface area contributed by atoms with E-state index in [0.29, 0.717) is 5.92 Å². The van der Waals surface area contributed by atoms with E-state index in [2.05, 4.69) is 75.0 Å². The van der Waals surface area contributed by atoms with E-state index < -0.39 is 0 Å². The molecule has 1 aliphatic carbocycles. The van der Waals surface area contributed by atoms with E-state index in [1.807, 2.05) is 13.8 Å². The molecule has 0 saturated heterocycles. The van der Waals surface area contributed by atoms with Crippen molar-refractivity contribution in [2.24, 2.45) is 5.92 Å². The second-order valence-electron chi connectivity index (χ2n) is 6.15. The Hall–Kier alpha value is -1.34. The first-order chi connectivity index (χ1) is 10.5. The summed E-state index contributed by atoms with van der Waals surface area (Å²) in [5.41, 5.74) is 7.81. The second kappa shape index (κ2) is 9.08. The minimum Gasteiger partial charge on any atom is -0.188 e. The summed E-state index contributed by atoms with van der Waals surface area (Å²) in [6.45, 7) is 13.5. The third kappa shape index (κ3) is 5.35. The van der Waals surface area contributed by atoms with Gasteiger partial charge in [-0.2, -0.15) is 18.1 Å². The first-order valence-corrected chi connectivity index (χ1v) is 7.82. The number of fused-ring (bicyclic) bond motifs is 1. The standard InChI is InChI=1S/C16H15.C6H10.Hf/c1-12-10-14-8-5-9-15(16(14)11-12)13-6-3-2-4-7-13;1-5(2)6(3)4;/h2-10,12H,11H2,1H3;1,3H2,2,4H3;/q-1;;. The molecule has 0 heterocycles. The van der Waals surface area contributed by atoms with Gasteiger partial charge in [-0.15, -0.1) is 11.6 Å². The molecule has 0 radical (unpaired) electrons. The Labute approximate surface area is 160 Å². The molecule has 1 aliphatic rings. The third-order valence-corrected chi connectivity index (χ3v) is 4.02. The first-order valence-electron chi connectivity index (χ1n) is 7.82. The van der Waals surface area contributed by atoms with Gasteiger partial charge in [-0.05, 0) is 19.4 Å². The molecule has 3 rings (SSSR count). The molecule has 0 spiro atoms. The predicted octanol–water partition coefficient (Wildman–Crippen LogP) is 6.23. The van der Waals surface area contributed by atoms with Crippen LogP contribution in [0.4, 0.5) is 0 Å². The smallest absolute Gasteiger partial charge is 0 e. The van der Waals surface area contributed by atoms with Crippen LogP contribution in [-0.4, -0.2) is 0 Å². The fraction of sp³-hybridized carbons (Fsp3) is 0.227.